The average Bonchev–Trinajstić information content (AvgIpc) is 2.63. The van der Waals surface area contributed by atoms with Crippen LogP contribution >= 0.6 is 0 Å². The fourth-order valence-electron chi connectivity index (χ4n) is 1.40. The molecule has 84 valence electrons. The van der Waals surface area contributed by atoms with Gasteiger partial charge in [0, 0.05) is 19.2 Å². The zero-order valence-electron chi connectivity index (χ0n) is 9.07. The van der Waals surface area contributed by atoms with Gasteiger partial charge in [-0.15, -0.1) is 0 Å². The van der Waals surface area contributed by atoms with E-state index in [0.717, 1.165) is 31.5 Å². The van der Waals surface area contributed by atoms with E-state index in [2.05, 4.69) is 10.5 Å². The highest BCUT2D eigenvalue weighted by Gasteiger charge is 1.98. The Balaban J connectivity index is 2.05. The molecule has 0 unspecified atom stereocenters. The maximum absolute atomic E-state index is 10.8. The Morgan fingerprint density at radius 3 is 2.93 bits per heavy atom. The van der Waals surface area contributed by atoms with Crippen LogP contribution in [-0.2, 0) is 11.3 Å². The molecule has 0 radical (unpaired) electrons. The lowest BCUT2D eigenvalue weighted by molar-refractivity contribution is -0.121. The van der Waals surface area contributed by atoms with Crippen LogP contribution in [0.15, 0.2) is 12.3 Å². The maximum atomic E-state index is 10.8. The molecule has 5 nitrogen and oxygen atoms in total. The first-order chi connectivity index (χ1) is 7.22. The Kier molecular flexibility index (Phi) is 4.83. The van der Waals surface area contributed by atoms with Crippen LogP contribution in [0.4, 0.5) is 0 Å². The first kappa shape index (κ1) is 11.7. The SMILES string of the molecule is Cc1ccn(CCCCCC(=O)NN)n1. The highest BCUT2D eigenvalue weighted by Crippen LogP contribution is 2.02. The van der Waals surface area contributed by atoms with Crippen molar-refractivity contribution in [2.45, 2.75) is 39.2 Å². The Morgan fingerprint density at radius 2 is 2.33 bits per heavy atom. The largest absolute Gasteiger partial charge is 0.294 e. The molecule has 1 aromatic heterocycles. The lowest BCUT2D eigenvalue weighted by atomic mass is 10.2. The first-order valence-electron chi connectivity index (χ1n) is 5.22. The molecule has 0 saturated carbocycles. The molecule has 0 bridgehead atoms. The molecular formula is C10H18N4O. The average molecular weight is 210 g/mol. The minimum atomic E-state index is -0.0927. The number of aromatic nitrogens is 2. The topological polar surface area (TPSA) is 72.9 Å². The predicted molar refractivity (Wildman–Crippen MR) is 57.8 cm³/mol. The first-order valence-corrected chi connectivity index (χ1v) is 5.22. The highest BCUT2D eigenvalue weighted by molar-refractivity contribution is 5.74. The molecule has 0 fully saturated rings. The number of carbonyl (C=O) groups is 1. The fourth-order valence-corrected chi connectivity index (χ4v) is 1.40. The summed E-state index contributed by atoms with van der Waals surface area (Å²) in [5.41, 5.74) is 3.16. The smallest absolute Gasteiger partial charge is 0.233 e. The van der Waals surface area contributed by atoms with E-state index in [1.807, 2.05) is 23.9 Å². The second kappa shape index (κ2) is 6.19. The number of amides is 1. The number of nitrogens with two attached hydrogens (primary N) is 1. The lowest BCUT2D eigenvalue weighted by Gasteiger charge is -2.01. The molecule has 0 aliphatic rings. The number of aryl methyl sites for hydroxylation is 2. The van der Waals surface area contributed by atoms with Crippen LogP contribution in [0.3, 0.4) is 0 Å². The van der Waals surface area contributed by atoms with E-state index in [1.54, 1.807) is 0 Å². The van der Waals surface area contributed by atoms with Gasteiger partial charge in [0.05, 0.1) is 5.69 Å². The molecule has 0 aliphatic heterocycles. The number of hydrazine groups is 1. The molecule has 0 saturated heterocycles. The van der Waals surface area contributed by atoms with Gasteiger partial charge in [-0.05, 0) is 25.8 Å². The lowest BCUT2D eigenvalue weighted by Crippen LogP contribution is -2.29. The van der Waals surface area contributed by atoms with Crippen molar-refractivity contribution in [3.8, 4) is 0 Å². The van der Waals surface area contributed by atoms with Crippen LogP contribution in [-0.4, -0.2) is 15.7 Å². The van der Waals surface area contributed by atoms with Crippen LogP contribution in [0.1, 0.15) is 31.4 Å². The normalized spacial score (nSPS) is 10.3. The number of nitrogens with one attached hydrogen (secondary N) is 1. The summed E-state index contributed by atoms with van der Waals surface area (Å²) in [6.07, 6.45) is 5.42. The van der Waals surface area contributed by atoms with Gasteiger partial charge < -0.3 is 0 Å². The third-order valence-electron chi connectivity index (χ3n) is 2.23. The molecule has 1 amide bonds. The van der Waals surface area contributed by atoms with Crippen LogP contribution in [0.25, 0.3) is 0 Å². The summed E-state index contributed by atoms with van der Waals surface area (Å²) in [5, 5.41) is 4.28. The van der Waals surface area contributed by atoms with E-state index in [-0.39, 0.29) is 5.91 Å². The van der Waals surface area contributed by atoms with Gasteiger partial charge in [0.25, 0.3) is 0 Å². The molecule has 0 spiro atoms. The number of unbranched alkanes of at least 4 members (excludes halogenated alkanes) is 2. The predicted octanol–water partition coefficient (Wildman–Crippen LogP) is 0.742. The van der Waals surface area contributed by atoms with Gasteiger partial charge in [0.1, 0.15) is 0 Å². The van der Waals surface area contributed by atoms with Gasteiger partial charge in [0.15, 0.2) is 0 Å². The van der Waals surface area contributed by atoms with Gasteiger partial charge in [0.2, 0.25) is 5.91 Å². The van der Waals surface area contributed by atoms with Crippen molar-refractivity contribution < 1.29 is 4.79 Å². The van der Waals surface area contributed by atoms with Gasteiger partial charge in [-0.3, -0.25) is 14.9 Å². The Morgan fingerprint density at radius 1 is 1.53 bits per heavy atom. The summed E-state index contributed by atoms with van der Waals surface area (Å²) in [6.45, 7) is 2.89. The number of hydrogen-bond donors (Lipinski definition) is 2. The van der Waals surface area contributed by atoms with Gasteiger partial charge in [-0.2, -0.15) is 5.10 Å². The van der Waals surface area contributed by atoms with Crippen LogP contribution in [0.5, 0.6) is 0 Å². The Labute approximate surface area is 89.6 Å². The molecule has 1 aromatic rings. The molecule has 1 rings (SSSR count). The van der Waals surface area contributed by atoms with Crippen molar-refractivity contribution >= 4 is 5.91 Å². The molecule has 0 atom stereocenters. The number of nitrogens with zero attached hydrogens (tertiary/aromatic N) is 2. The monoisotopic (exact) mass is 210 g/mol. The van der Waals surface area contributed by atoms with Crippen molar-refractivity contribution in [2.75, 3.05) is 0 Å². The molecule has 0 aromatic carbocycles. The second-order valence-electron chi connectivity index (χ2n) is 3.60. The van der Waals surface area contributed by atoms with Crippen molar-refractivity contribution in [1.29, 1.82) is 0 Å². The van der Waals surface area contributed by atoms with Crippen LogP contribution in [0.2, 0.25) is 0 Å². The zero-order valence-corrected chi connectivity index (χ0v) is 9.07. The van der Waals surface area contributed by atoms with E-state index >= 15 is 0 Å². The number of carbonyl (C=O) groups excluding carboxylic acids is 1. The molecule has 15 heavy (non-hydrogen) atoms. The van der Waals surface area contributed by atoms with Crippen molar-refractivity contribution in [2.24, 2.45) is 5.84 Å². The third-order valence-corrected chi connectivity index (χ3v) is 2.23. The highest BCUT2D eigenvalue weighted by atomic mass is 16.2. The minimum absolute atomic E-state index is 0.0927. The summed E-state index contributed by atoms with van der Waals surface area (Å²) >= 11 is 0. The van der Waals surface area contributed by atoms with Crippen LogP contribution < -0.4 is 11.3 Å². The Bertz CT molecular complexity index is 308. The van der Waals surface area contributed by atoms with E-state index in [1.165, 1.54) is 0 Å². The summed E-state index contributed by atoms with van der Waals surface area (Å²) in [5.74, 6) is 4.87. The molecule has 1 heterocycles. The molecule has 3 N–H and O–H groups in total. The maximum Gasteiger partial charge on any atom is 0.233 e. The van der Waals surface area contributed by atoms with Crippen molar-refractivity contribution in [3.63, 3.8) is 0 Å². The van der Waals surface area contributed by atoms with E-state index in [4.69, 9.17) is 5.84 Å². The van der Waals surface area contributed by atoms with E-state index in [0.29, 0.717) is 6.42 Å². The van der Waals surface area contributed by atoms with Crippen molar-refractivity contribution in [3.05, 3.63) is 18.0 Å². The summed E-state index contributed by atoms with van der Waals surface area (Å²) in [6, 6.07) is 1.99. The third kappa shape index (κ3) is 4.60. The zero-order chi connectivity index (χ0) is 11.1. The van der Waals surface area contributed by atoms with E-state index < -0.39 is 0 Å². The molecule has 0 aliphatic carbocycles. The summed E-state index contributed by atoms with van der Waals surface area (Å²) in [7, 11) is 0. The number of hydrogen-bond acceptors (Lipinski definition) is 3. The van der Waals surface area contributed by atoms with Gasteiger partial charge in [-0.25, -0.2) is 5.84 Å². The Hall–Kier alpha value is -1.36. The summed E-state index contributed by atoms with van der Waals surface area (Å²) in [4.78, 5) is 10.8. The van der Waals surface area contributed by atoms with E-state index in [9.17, 15) is 4.79 Å². The molecular weight excluding hydrogens is 192 g/mol. The summed E-state index contributed by atoms with van der Waals surface area (Å²) < 4.78 is 1.93. The quantitative estimate of drug-likeness (QED) is 0.315. The molecule has 5 heteroatoms. The van der Waals surface area contributed by atoms with Gasteiger partial charge >= 0.3 is 0 Å². The fraction of sp³-hybridized carbons (Fsp3) is 0.600. The second-order valence-corrected chi connectivity index (χ2v) is 3.60. The van der Waals surface area contributed by atoms with Gasteiger partial charge in [-0.1, -0.05) is 6.42 Å². The van der Waals surface area contributed by atoms with Crippen molar-refractivity contribution in [1.82, 2.24) is 15.2 Å². The standard InChI is InChI=1S/C10H18N4O/c1-9-6-8-14(13-9)7-4-2-3-5-10(15)12-11/h6,8H,2-5,7,11H2,1H3,(H,12,15). The number of rotatable bonds is 6. The minimum Gasteiger partial charge on any atom is -0.294 e. The van der Waals surface area contributed by atoms with Crippen LogP contribution in [0, 0.1) is 6.92 Å².